The summed E-state index contributed by atoms with van der Waals surface area (Å²) in [4.78, 5) is 16.5. The summed E-state index contributed by atoms with van der Waals surface area (Å²) in [5.41, 5.74) is 5.21. The van der Waals surface area contributed by atoms with E-state index in [-0.39, 0.29) is 0 Å². The summed E-state index contributed by atoms with van der Waals surface area (Å²) in [6.07, 6.45) is 4.25. The van der Waals surface area contributed by atoms with E-state index in [1.54, 1.807) is 0 Å². The number of nitrogens with zero attached hydrogens (tertiary/aromatic N) is 5. The van der Waals surface area contributed by atoms with Gasteiger partial charge in [-0.05, 0) is 58.1 Å². The molecule has 3 aromatic heterocycles. The zero-order valence-electron chi connectivity index (χ0n) is 17.8. The first-order valence-electron chi connectivity index (χ1n) is 10.4. The molecule has 0 radical (unpaired) electrons. The van der Waals surface area contributed by atoms with Crippen LogP contribution in [0.4, 0.5) is 5.82 Å². The Morgan fingerprint density at radius 1 is 1.21 bits per heavy atom. The van der Waals surface area contributed by atoms with Crippen LogP contribution < -0.4 is 5.32 Å². The second-order valence-electron chi connectivity index (χ2n) is 8.19. The van der Waals surface area contributed by atoms with Gasteiger partial charge in [0, 0.05) is 43.0 Å². The van der Waals surface area contributed by atoms with Gasteiger partial charge >= 0.3 is 0 Å². The van der Waals surface area contributed by atoms with Crippen LogP contribution >= 0.6 is 0 Å². The zero-order valence-corrected chi connectivity index (χ0v) is 17.8. The maximum atomic E-state index is 5.09. The minimum atomic E-state index is 0.459. The molecule has 6 heteroatoms. The molecule has 1 aliphatic heterocycles. The number of aryl methyl sites for hydroxylation is 1. The van der Waals surface area contributed by atoms with E-state index in [9.17, 15) is 0 Å². The van der Waals surface area contributed by atoms with Crippen molar-refractivity contribution in [2.24, 2.45) is 0 Å². The van der Waals surface area contributed by atoms with Crippen molar-refractivity contribution in [3.63, 3.8) is 0 Å². The van der Waals surface area contributed by atoms with Gasteiger partial charge in [-0.25, -0.2) is 9.97 Å². The van der Waals surface area contributed by atoms with Gasteiger partial charge in [-0.2, -0.15) is 0 Å². The van der Waals surface area contributed by atoms with Crippen LogP contribution in [0.3, 0.4) is 0 Å². The average Bonchev–Trinajstić information content (AvgIpc) is 3.09. The van der Waals surface area contributed by atoms with Crippen LogP contribution in [-0.2, 0) is 6.54 Å². The predicted octanol–water partition coefficient (Wildman–Crippen LogP) is 4.19. The van der Waals surface area contributed by atoms with Crippen molar-refractivity contribution in [1.82, 2.24) is 24.4 Å². The highest BCUT2D eigenvalue weighted by Crippen LogP contribution is 2.38. The molecule has 6 nitrogen and oxygen atoms in total. The minimum Gasteiger partial charge on any atom is -0.369 e. The fraction of sp³-hybridized carbons (Fsp3) is 0.435. The molecule has 0 bridgehead atoms. The standard InChI is InChI=1S/C23H30N6/c1-16-7-6-13-29-22(18-10-11-24-20(15-18)25-12-14-28(3)4)21(27-23(16)29)19-9-5-8-17(2)26-19/h5,8-11,15-16H,6-7,12-14H2,1-4H3,(H,24,25)/t16-/m0/s1. The molecule has 0 amide bonds. The zero-order chi connectivity index (χ0) is 20.4. The highest BCUT2D eigenvalue weighted by molar-refractivity contribution is 5.78. The van der Waals surface area contributed by atoms with E-state index in [0.717, 1.165) is 53.8 Å². The van der Waals surface area contributed by atoms with Gasteiger partial charge in [0.1, 0.15) is 17.3 Å². The van der Waals surface area contributed by atoms with E-state index in [4.69, 9.17) is 9.97 Å². The largest absolute Gasteiger partial charge is 0.369 e. The van der Waals surface area contributed by atoms with Crippen molar-refractivity contribution >= 4 is 5.82 Å². The first-order chi connectivity index (χ1) is 14.0. The molecular formula is C23H30N6. The molecule has 0 saturated heterocycles. The Balaban J connectivity index is 1.78. The number of likely N-dealkylation sites (N-methyl/N-ethyl adjacent to an activating group) is 1. The van der Waals surface area contributed by atoms with Crippen molar-refractivity contribution in [3.8, 4) is 22.6 Å². The molecule has 0 aliphatic carbocycles. The highest BCUT2D eigenvalue weighted by Gasteiger charge is 2.26. The Bertz CT molecular complexity index is 991. The topological polar surface area (TPSA) is 58.9 Å². The maximum absolute atomic E-state index is 5.09. The van der Waals surface area contributed by atoms with Crippen molar-refractivity contribution in [2.45, 2.75) is 39.2 Å². The van der Waals surface area contributed by atoms with Crippen LogP contribution in [0.15, 0.2) is 36.5 Å². The van der Waals surface area contributed by atoms with Gasteiger partial charge in [0.2, 0.25) is 0 Å². The summed E-state index contributed by atoms with van der Waals surface area (Å²) in [7, 11) is 4.15. The molecule has 1 aliphatic rings. The molecule has 1 atom stereocenters. The van der Waals surface area contributed by atoms with Crippen molar-refractivity contribution in [1.29, 1.82) is 0 Å². The van der Waals surface area contributed by atoms with E-state index in [1.807, 2.05) is 19.2 Å². The van der Waals surface area contributed by atoms with Crippen molar-refractivity contribution < 1.29 is 0 Å². The number of imidazole rings is 1. The van der Waals surface area contributed by atoms with Gasteiger partial charge in [0.05, 0.1) is 11.4 Å². The van der Waals surface area contributed by atoms with Gasteiger partial charge in [0.15, 0.2) is 0 Å². The molecule has 0 saturated carbocycles. The number of nitrogens with one attached hydrogen (secondary N) is 1. The lowest BCUT2D eigenvalue weighted by atomic mass is 10.0. The van der Waals surface area contributed by atoms with E-state index in [2.05, 4.69) is 65.1 Å². The first-order valence-corrected chi connectivity index (χ1v) is 10.4. The van der Waals surface area contributed by atoms with Crippen LogP contribution in [0.2, 0.25) is 0 Å². The van der Waals surface area contributed by atoms with E-state index in [0.29, 0.717) is 5.92 Å². The number of hydrogen-bond donors (Lipinski definition) is 1. The lowest BCUT2D eigenvalue weighted by molar-refractivity contribution is 0.425. The van der Waals surface area contributed by atoms with E-state index >= 15 is 0 Å². The molecule has 3 aromatic rings. The molecule has 0 spiro atoms. The molecule has 0 fully saturated rings. The lowest BCUT2D eigenvalue weighted by Gasteiger charge is -2.22. The van der Waals surface area contributed by atoms with Crippen molar-refractivity contribution in [3.05, 3.63) is 48.0 Å². The van der Waals surface area contributed by atoms with Gasteiger partial charge in [-0.3, -0.25) is 4.98 Å². The van der Waals surface area contributed by atoms with Gasteiger partial charge in [0.25, 0.3) is 0 Å². The number of hydrogen-bond acceptors (Lipinski definition) is 5. The van der Waals surface area contributed by atoms with Gasteiger partial charge < -0.3 is 14.8 Å². The second kappa shape index (κ2) is 8.33. The predicted molar refractivity (Wildman–Crippen MR) is 118 cm³/mol. The van der Waals surface area contributed by atoms with Gasteiger partial charge in [-0.1, -0.05) is 13.0 Å². The van der Waals surface area contributed by atoms with Crippen molar-refractivity contribution in [2.75, 3.05) is 32.5 Å². The number of aromatic nitrogens is 4. The summed E-state index contributed by atoms with van der Waals surface area (Å²) >= 11 is 0. The number of fused-ring (bicyclic) bond motifs is 1. The Labute approximate surface area is 173 Å². The fourth-order valence-electron chi connectivity index (χ4n) is 3.99. The summed E-state index contributed by atoms with van der Waals surface area (Å²) in [6.45, 7) is 7.12. The molecule has 152 valence electrons. The molecule has 0 unspecified atom stereocenters. The van der Waals surface area contributed by atoms with Crippen LogP contribution in [0, 0.1) is 6.92 Å². The first kappa shape index (κ1) is 19.6. The molecule has 1 N–H and O–H groups in total. The van der Waals surface area contributed by atoms with E-state index < -0.39 is 0 Å². The minimum absolute atomic E-state index is 0.459. The van der Waals surface area contributed by atoms with Crippen LogP contribution in [0.5, 0.6) is 0 Å². The van der Waals surface area contributed by atoms with E-state index in [1.165, 1.54) is 18.7 Å². The van der Waals surface area contributed by atoms with Crippen LogP contribution in [0.25, 0.3) is 22.6 Å². The molecule has 4 rings (SSSR count). The summed E-state index contributed by atoms with van der Waals surface area (Å²) in [6, 6.07) is 10.4. The fourth-order valence-corrected chi connectivity index (χ4v) is 3.99. The van der Waals surface area contributed by atoms with Gasteiger partial charge in [-0.15, -0.1) is 0 Å². The average molecular weight is 391 g/mol. The molecule has 4 heterocycles. The number of rotatable bonds is 6. The maximum Gasteiger partial charge on any atom is 0.126 e. The third kappa shape index (κ3) is 4.17. The summed E-state index contributed by atoms with van der Waals surface area (Å²) in [5, 5.41) is 3.44. The normalized spacial score (nSPS) is 16.1. The Morgan fingerprint density at radius 2 is 2.07 bits per heavy atom. The Morgan fingerprint density at radius 3 is 2.86 bits per heavy atom. The Hall–Kier alpha value is -2.73. The Kier molecular flexibility index (Phi) is 5.62. The number of anilines is 1. The summed E-state index contributed by atoms with van der Waals surface area (Å²) < 4.78 is 2.40. The smallest absolute Gasteiger partial charge is 0.126 e. The number of pyridine rings is 2. The van der Waals surface area contributed by atoms with Crippen LogP contribution in [-0.4, -0.2) is 51.6 Å². The third-order valence-electron chi connectivity index (χ3n) is 5.49. The second-order valence-corrected chi connectivity index (χ2v) is 8.19. The molecule has 0 aromatic carbocycles. The quantitative estimate of drug-likeness (QED) is 0.684. The SMILES string of the molecule is Cc1cccc(-c2nc3n(c2-c2ccnc(NCCN(C)C)c2)CCC[C@@H]3C)n1. The molecule has 29 heavy (non-hydrogen) atoms. The highest BCUT2D eigenvalue weighted by atomic mass is 15.1. The summed E-state index contributed by atoms with van der Waals surface area (Å²) in [5.74, 6) is 2.52. The molecular weight excluding hydrogens is 360 g/mol. The lowest BCUT2D eigenvalue weighted by Crippen LogP contribution is -2.21. The third-order valence-corrected chi connectivity index (χ3v) is 5.49. The van der Waals surface area contributed by atoms with Crippen LogP contribution in [0.1, 0.15) is 37.2 Å². The monoisotopic (exact) mass is 390 g/mol.